The van der Waals surface area contributed by atoms with E-state index in [1.807, 2.05) is 4.90 Å². The van der Waals surface area contributed by atoms with Crippen molar-refractivity contribution in [1.82, 2.24) is 15.0 Å². The minimum atomic E-state index is -4.57. The minimum absolute atomic E-state index is 0.0520. The van der Waals surface area contributed by atoms with Crippen LogP contribution in [0.2, 0.25) is 0 Å². The molecule has 0 amide bonds. The molecule has 3 heterocycles. The highest BCUT2D eigenvalue weighted by molar-refractivity contribution is 7.99. The van der Waals surface area contributed by atoms with Gasteiger partial charge in [-0.2, -0.15) is 13.2 Å². The molecular formula is C19H22F4N6S. The molecule has 162 valence electrons. The summed E-state index contributed by atoms with van der Waals surface area (Å²) < 4.78 is 53.4. The van der Waals surface area contributed by atoms with Crippen LogP contribution in [-0.4, -0.2) is 40.3 Å². The first-order chi connectivity index (χ1) is 14.2. The van der Waals surface area contributed by atoms with Gasteiger partial charge < -0.3 is 16.4 Å². The van der Waals surface area contributed by atoms with Gasteiger partial charge in [-0.05, 0) is 43.2 Å². The summed E-state index contributed by atoms with van der Waals surface area (Å²) in [5.74, 6) is 0.605. The first kappa shape index (κ1) is 21.1. The Balaban J connectivity index is 1.48. The molecular weight excluding hydrogens is 420 g/mol. The van der Waals surface area contributed by atoms with Gasteiger partial charge >= 0.3 is 6.18 Å². The molecule has 0 unspecified atom stereocenters. The van der Waals surface area contributed by atoms with Gasteiger partial charge in [0.1, 0.15) is 17.0 Å². The van der Waals surface area contributed by atoms with Crippen LogP contribution in [0.1, 0.15) is 31.4 Å². The molecule has 6 nitrogen and oxygen atoms in total. The second kappa shape index (κ2) is 7.84. The molecule has 2 aromatic rings. The summed E-state index contributed by atoms with van der Waals surface area (Å²) in [6, 6.07) is 2.31. The van der Waals surface area contributed by atoms with Crippen LogP contribution in [0.5, 0.6) is 0 Å². The standard InChI is InChI=1S/C19H22F4N6S/c20-11-3-4-18(14(11)24)5-8-29(9-6-18)13-10-27-17(16(25)28-13)30-12-2-1-7-26-15(12)19(21,22)23/h1-2,7,10-11,14H,3-6,8-9,24H2,(H2,25,28)/t11-,14-/m0/s1. The van der Waals surface area contributed by atoms with Crippen molar-refractivity contribution >= 4 is 23.4 Å². The molecule has 1 saturated carbocycles. The van der Waals surface area contributed by atoms with E-state index >= 15 is 0 Å². The van der Waals surface area contributed by atoms with Crippen molar-refractivity contribution in [3.63, 3.8) is 0 Å². The van der Waals surface area contributed by atoms with E-state index in [0.717, 1.165) is 37.2 Å². The Morgan fingerprint density at radius 2 is 1.90 bits per heavy atom. The zero-order valence-electron chi connectivity index (χ0n) is 16.1. The van der Waals surface area contributed by atoms with E-state index in [9.17, 15) is 17.6 Å². The van der Waals surface area contributed by atoms with Crippen molar-refractivity contribution in [2.45, 2.75) is 54.0 Å². The summed E-state index contributed by atoms with van der Waals surface area (Å²) in [5.41, 5.74) is 10.9. The maximum atomic E-state index is 13.9. The predicted molar refractivity (Wildman–Crippen MR) is 106 cm³/mol. The average Bonchev–Trinajstić information content (AvgIpc) is 2.98. The number of pyridine rings is 1. The van der Waals surface area contributed by atoms with Crippen molar-refractivity contribution in [3.8, 4) is 0 Å². The summed E-state index contributed by atoms with van der Waals surface area (Å²) in [7, 11) is 0. The summed E-state index contributed by atoms with van der Waals surface area (Å²) >= 11 is 0.781. The molecule has 2 aliphatic rings. The summed E-state index contributed by atoms with van der Waals surface area (Å²) in [4.78, 5) is 13.9. The SMILES string of the molecule is Nc1nc(N2CCC3(CC[C@H](F)[C@@H]3N)CC2)cnc1Sc1cccnc1C(F)(F)F. The molecule has 4 N–H and O–H groups in total. The van der Waals surface area contributed by atoms with Gasteiger partial charge in [0.2, 0.25) is 0 Å². The van der Waals surface area contributed by atoms with Gasteiger partial charge in [-0.15, -0.1) is 0 Å². The fourth-order valence-electron chi connectivity index (χ4n) is 4.32. The Hall–Kier alpha value is -2.14. The van der Waals surface area contributed by atoms with Crippen LogP contribution in [0.15, 0.2) is 34.4 Å². The van der Waals surface area contributed by atoms with Gasteiger partial charge in [0.05, 0.1) is 6.20 Å². The molecule has 2 fully saturated rings. The number of piperidine rings is 1. The molecule has 2 atom stereocenters. The van der Waals surface area contributed by atoms with E-state index < -0.39 is 24.1 Å². The Morgan fingerprint density at radius 1 is 1.17 bits per heavy atom. The van der Waals surface area contributed by atoms with Crippen molar-refractivity contribution in [1.29, 1.82) is 0 Å². The van der Waals surface area contributed by atoms with Crippen LogP contribution in [0, 0.1) is 5.41 Å². The number of hydrogen-bond acceptors (Lipinski definition) is 7. The zero-order chi connectivity index (χ0) is 21.5. The van der Waals surface area contributed by atoms with Gasteiger partial charge in [0.15, 0.2) is 11.5 Å². The number of alkyl halides is 4. The highest BCUT2D eigenvalue weighted by Gasteiger charge is 2.48. The Labute approximate surface area is 175 Å². The van der Waals surface area contributed by atoms with Crippen LogP contribution in [0.25, 0.3) is 0 Å². The van der Waals surface area contributed by atoms with Gasteiger partial charge in [-0.1, -0.05) is 11.8 Å². The Kier molecular flexibility index (Phi) is 5.52. The second-order valence-electron chi connectivity index (χ2n) is 7.80. The normalized spacial score (nSPS) is 23.8. The second-order valence-corrected chi connectivity index (χ2v) is 8.83. The van der Waals surface area contributed by atoms with Crippen LogP contribution in [0.4, 0.5) is 29.2 Å². The first-order valence-corrected chi connectivity index (χ1v) is 10.5. The number of aromatic nitrogens is 3. The summed E-state index contributed by atoms with van der Waals surface area (Å²) in [6.07, 6.45) is -0.100. The van der Waals surface area contributed by atoms with Crippen molar-refractivity contribution < 1.29 is 17.6 Å². The largest absolute Gasteiger partial charge is 0.434 e. The molecule has 30 heavy (non-hydrogen) atoms. The fraction of sp³-hybridized carbons (Fsp3) is 0.526. The molecule has 1 spiro atoms. The first-order valence-electron chi connectivity index (χ1n) is 9.67. The molecule has 0 bridgehead atoms. The molecule has 11 heteroatoms. The maximum Gasteiger partial charge on any atom is 0.434 e. The van der Waals surface area contributed by atoms with Crippen LogP contribution in [0.3, 0.4) is 0 Å². The minimum Gasteiger partial charge on any atom is -0.381 e. The van der Waals surface area contributed by atoms with Crippen molar-refractivity contribution in [2.24, 2.45) is 11.1 Å². The number of nitrogens with two attached hydrogens (primary N) is 2. The van der Waals surface area contributed by atoms with Gasteiger partial charge in [0, 0.05) is 30.2 Å². The van der Waals surface area contributed by atoms with Crippen LogP contribution < -0.4 is 16.4 Å². The lowest BCUT2D eigenvalue weighted by molar-refractivity contribution is -0.143. The molecule has 2 aromatic heterocycles. The number of anilines is 2. The molecule has 1 aliphatic carbocycles. The Bertz CT molecular complexity index is 916. The summed E-state index contributed by atoms with van der Waals surface area (Å²) in [6.45, 7) is 1.31. The number of halogens is 4. The predicted octanol–water partition coefficient (Wildman–Crippen LogP) is 3.67. The van der Waals surface area contributed by atoms with E-state index in [2.05, 4.69) is 15.0 Å². The zero-order valence-corrected chi connectivity index (χ0v) is 16.9. The number of nitrogen functional groups attached to an aromatic ring is 1. The monoisotopic (exact) mass is 442 g/mol. The van der Waals surface area contributed by atoms with Gasteiger partial charge in [-0.3, -0.25) is 4.98 Å². The third-order valence-corrected chi connectivity index (χ3v) is 7.15. The topological polar surface area (TPSA) is 94.0 Å². The van der Waals surface area contributed by atoms with Crippen molar-refractivity contribution in [2.75, 3.05) is 23.7 Å². The average molecular weight is 442 g/mol. The van der Waals surface area contributed by atoms with Gasteiger partial charge in [-0.25, -0.2) is 14.4 Å². The highest BCUT2D eigenvalue weighted by atomic mass is 32.2. The third kappa shape index (κ3) is 3.92. The molecule has 0 aromatic carbocycles. The smallest absolute Gasteiger partial charge is 0.381 e. The number of hydrogen-bond donors (Lipinski definition) is 2. The number of rotatable bonds is 3. The maximum absolute atomic E-state index is 13.9. The molecule has 1 aliphatic heterocycles. The lowest BCUT2D eigenvalue weighted by Gasteiger charge is -2.42. The quantitative estimate of drug-likeness (QED) is 0.701. The fourth-order valence-corrected chi connectivity index (χ4v) is 5.20. The third-order valence-electron chi connectivity index (χ3n) is 6.10. The van der Waals surface area contributed by atoms with E-state index in [1.165, 1.54) is 18.3 Å². The van der Waals surface area contributed by atoms with Crippen molar-refractivity contribution in [3.05, 3.63) is 30.2 Å². The van der Waals surface area contributed by atoms with E-state index in [-0.39, 0.29) is 21.2 Å². The Morgan fingerprint density at radius 3 is 2.50 bits per heavy atom. The number of nitrogens with zero attached hydrogens (tertiary/aromatic N) is 4. The van der Waals surface area contributed by atoms with E-state index in [1.54, 1.807) is 0 Å². The van der Waals surface area contributed by atoms with E-state index in [0.29, 0.717) is 25.3 Å². The van der Waals surface area contributed by atoms with Crippen LogP contribution in [-0.2, 0) is 6.18 Å². The van der Waals surface area contributed by atoms with E-state index in [4.69, 9.17) is 11.5 Å². The van der Waals surface area contributed by atoms with Crippen LogP contribution >= 0.6 is 11.8 Å². The lowest BCUT2D eigenvalue weighted by Crippen LogP contribution is -2.49. The highest BCUT2D eigenvalue weighted by Crippen LogP contribution is 2.47. The lowest BCUT2D eigenvalue weighted by atomic mass is 9.74. The summed E-state index contributed by atoms with van der Waals surface area (Å²) in [5, 5.41) is 0.184. The molecule has 0 radical (unpaired) electrons. The molecule has 4 rings (SSSR count). The van der Waals surface area contributed by atoms with Gasteiger partial charge in [0.25, 0.3) is 0 Å². The molecule has 1 saturated heterocycles.